The van der Waals surface area contributed by atoms with Gasteiger partial charge in [0.25, 0.3) is 0 Å². The average Bonchev–Trinajstić information content (AvgIpc) is 2.47. The summed E-state index contributed by atoms with van der Waals surface area (Å²) in [5.74, 6) is 0.808. The first kappa shape index (κ1) is 10.4. The molecule has 1 aromatic heterocycles. The van der Waals surface area contributed by atoms with E-state index < -0.39 is 0 Å². The largest absolute Gasteiger partial charge is 0.395 e. The van der Waals surface area contributed by atoms with Crippen LogP contribution in [0.5, 0.6) is 0 Å². The highest BCUT2D eigenvalue weighted by Gasteiger charge is 2.25. The van der Waals surface area contributed by atoms with Gasteiger partial charge in [0, 0.05) is 12.0 Å². The zero-order valence-electron chi connectivity index (χ0n) is 8.16. The summed E-state index contributed by atoms with van der Waals surface area (Å²) < 4.78 is 2.50. The van der Waals surface area contributed by atoms with Crippen molar-refractivity contribution in [3.05, 3.63) is 10.6 Å². The van der Waals surface area contributed by atoms with E-state index in [2.05, 4.69) is 10.2 Å². The first-order valence-corrected chi connectivity index (χ1v) is 4.70. The molecule has 0 aliphatic rings. The molecule has 5 heteroatoms. The Hall–Kier alpha value is -0.680. The number of H-pyrrole nitrogens is 1. The minimum Gasteiger partial charge on any atom is -0.395 e. The molecule has 0 aliphatic heterocycles. The lowest BCUT2D eigenvalue weighted by molar-refractivity contribution is 0.208. The molecule has 0 saturated carbocycles. The minimum absolute atomic E-state index is 0.0621. The van der Waals surface area contributed by atoms with Crippen molar-refractivity contribution in [1.29, 1.82) is 0 Å². The quantitative estimate of drug-likeness (QED) is 0.723. The minimum atomic E-state index is -0.344. The third-order valence-electron chi connectivity index (χ3n) is 2.08. The molecule has 0 saturated heterocycles. The van der Waals surface area contributed by atoms with Gasteiger partial charge in [-0.1, -0.05) is 13.8 Å². The van der Waals surface area contributed by atoms with E-state index >= 15 is 0 Å². The van der Waals surface area contributed by atoms with Crippen LogP contribution in [-0.2, 0) is 12.0 Å². The van der Waals surface area contributed by atoms with E-state index in [0.29, 0.717) is 4.77 Å². The number of aliphatic hydroxyl groups is 1. The van der Waals surface area contributed by atoms with Crippen molar-refractivity contribution in [3.63, 3.8) is 0 Å². The van der Waals surface area contributed by atoms with Gasteiger partial charge in [0.1, 0.15) is 5.82 Å². The van der Waals surface area contributed by atoms with Crippen LogP contribution in [0.2, 0.25) is 0 Å². The van der Waals surface area contributed by atoms with Crippen LogP contribution in [0, 0.1) is 4.77 Å². The molecule has 0 unspecified atom stereocenters. The number of nitrogens with one attached hydrogen (secondary N) is 1. The van der Waals surface area contributed by atoms with Crippen molar-refractivity contribution in [1.82, 2.24) is 14.8 Å². The molecule has 0 fully saturated rings. The van der Waals surface area contributed by atoms with E-state index in [-0.39, 0.29) is 12.0 Å². The van der Waals surface area contributed by atoms with Crippen LogP contribution in [0.3, 0.4) is 0 Å². The lowest BCUT2D eigenvalue weighted by Gasteiger charge is -2.20. The van der Waals surface area contributed by atoms with Gasteiger partial charge in [-0.15, -0.1) is 0 Å². The summed E-state index contributed by atoms with van der Waals surface area (Å²) in [5.41, 5.74) is -0.344. The second kappa shape index (κ2) is 3.59. The molecular formula is C8H15N3OS. The molecule has 0 aliphatic carbocycles. The van der Waals surface area contributed by atoms with Crippen molar-refractivity contribution < 1.29 is 5.11 Å². The van der Waals surface area contributed by atoms with E-state index in [1.807, 2.05) is 25.3 Å². The molecule has 0 radical (unpaired) electrons. The summed E-state index contributed by atoms with van der Waals surface area (Å²) in [7, 11) is 0. The van der Waals surface area contributed by atoms with Crippen LogP contribution in [-0.4, -0.2) is 26.5 Å². The molecule has 13 heavy (non-hydrogen) atoms. The number of rotatable bonds is 3. The number of hydrogen-bond donors (Lipinski definition) is 2. The predicted molar refractivity (Wildman–Crippen MR) is 53.2 cm³/mol. The number of aromatic amines is 1. The Morgan fingerprint density at radius 3 is 2.69 bits per heavy atom. The van der Waals surface area contributed by atoms with Crippen LogP contribution in [0.25, 0.3) is 0 Å². The smallest absolute Gasteiger partial charge is 0.195 e. The fraction of sp³-hybridized carbons (Fsp3) is 0.750. The van der Waals surface area contributed by atoms with E-state index in [0.717, 1.165) is 12.4 Å². The second-order valence-electron chi connectivity index (χ2n) is 3.64. The number of aliphatic hydroxyl groups excluding tert-OH is 1. The van der Waals surface area contributed by atoms with Gasteiger partial charge in [0.15, 0.2) is 4.77 Å². The molecule has 4 nitrogen and oxygen atoms in total. The molecule has 0 spiro atoms. The highest BCUT2D eigenvalue weighted by Crippen LogP contribution is 2.19. The third kappa shape index (κ3) is 1.81. The van der Waals surface area contributed by atoms with Gasteiger partial charge < -0.3 is 9.67 Å². The second-order valence-corrected chi connectivity index (χ2v) is 4.03. The molecule has 1 rings (SSSR count). The van der Waals surface area contributed by atoms with Crippen molar-refractivity contribution in [2.75, 3.05) is 6.61 Å². The number of hydrogen-bond acceptors (Lipinski definition) is 3. The van der Waals surface area contributed by atoms with Crippen molar-refractivity contribution in [2.24, 2.45) is 0 Å². The summed E-state index contributed by atoms with van der Waals surface area (Å²) in [6.45, 7) is 6.71. The topological polar surface area (TPSA) is 53.8 Å². The van der Waals surface area contributed by atoms with Gasteiger partial charge in [0.05, 0.1) is 6.61 Å². The van der Waals surface area contributed by atoms with Gasteiger partial charge in [-0.25, -0.2) is 0 Å². The van der Waals surface area contributed by atoms with E-state index in [1.54, 1.807) is 0 Å². The highest BCUT2D eigenvalue weighted by atomic mass is 32.1. The predicted octanol–water partition coefficient (Wildman–Crippen LogP) is 1.23. The van der Waals surface area contributed by atoms with Crippen LogP contribution in [0.15, 0.2) is 0 Å². The Morgan fingerprint density at radius 2 is 2.23 bits per heavy atom. The van der Waals surface area contributed by atoms with Crippen molar-refractivity contribution >= 4 is 12.2 Å². The molecule has 1 heterocycles. The number of aromatic nitrogens is 3. The van der Waals surface area contributed by atoms with Crippen LogP contribution >= 0.6 is 12.2 Å². The zero-order valence-corrected chi connectivity index (χ0v) is 8.98. The molecule has 0 aromatic carbocycles. The van der Waals surface area contributed by atoms with Crippen LogP contribution in [0.1, 0.15) is 26.6 Å². The monoisotopic (exact) mass is 201 g/mol. The first-order chi connectivity index (χ1) is 6.03. The standard InChI is InChI=1S/C8H15N3OS/c1-4-11-6(8(2,3)5-12)9-10-7(11)13/h12H,4-5H2,1-3H3,(H,10,13). The molecule has 0 atom stereocenters. The average molecular weight is 201 g/mol. The summed E-state index contributed by atoms with van der Waals surface area (Å²) in [6, 6.07) is 0. The van der Waals surface area contributed by atoms with Crippen molar-refractivity contribution in [2.45, 2.75) is 32.7 Å². The Bertz CT molecular complexity index is 339. The maximum absolute atomic E-state index is 9.18. The van der Waals surface area contributed by atoms with Gasteiger partial charge in [-0.3, -0.25) is 5.10 Å². The highest BCUT2D eigenvalue weighted by molar-refractivity contribution is 7.71. The lowest BCUT2D eigenvalue weighted by Crippen LogP contribution is -2.27. The first-order valence-electron chi connectivity index (χ1n) is 4.29. The Kier molecular flexibility index (Phi) is 2.87. The third-order valence-corrected chi connectivity index (χ3v) is 2.39. The van der Waals surface area contributed by atoms with Gasteiger partial charge in [-0.2, -0.15) is 5.10 Å². The summed E-state index contributed by atoms with van der Waals surface area (Å²) in [6.07, 6.45) is 0. The van der Waals surface area contributed by atoms with Gasteiger partial charge in [0.2, 0.25) is 0 Å². The SMILES string of the molecule is CCn1c(C(C)(C)CO)n[nH]c1=S. The maximum Gasteiger partial charge on any atom is 0.195 e. The number of nitrogens with zero attached hydrogens (tertiary/aromatic N) is 2. The summed E-state index contributed by atoms with van der Waals surface area (Å²) >= 11 is 5.05. The summed E-state index contributed by atoms with van der Waals surface area (Å²) in [4.78, 5) is 0. The van der Waals surface area contributed by atoms with E-state index in [9.17, 15) is 5.11 Å². The van der Waals surface area contributed by atoms with E-state index in [1.165, 1.54) is 0 Å². The van der Waals surface area contributed by atoms with Gasteiger partial charge >= 0.3 is 0 Å². The zero-order chi connectivity index (χ0) is 10.1. The Morgan fingerprint density at radius 1 is 1.62 bits per heavy atom. The van der Waals surface area contributed by atoms with Crippen molar-refractivity contribution in [3.8, 4) is 0 Å². The Labute approximate surface area is 82.6 Å². The lowest BCUT2D eigenvalue weighted by atomic mass is 9.94. The summed E-state index contributed by atoms with van der Waals surface area (Å²) in [5, 5.41) is 16.0. The van der Waals surface area contributed by atoms with Gasteiger partial charge in [-0.05, 0) is 19.1 Å². The van der Waals surface area contributed by atoms with E-state index in [4.69, 9.17) is 12.2 Å². The molecule has 0 bridgehead atoms. The fourth-order valence-corrected chi connectivity index (χ4v) is 1.46. The maximum atomic E-state index is 9.18. The molecule has 74 valence electrons. The molecule has 0 amide bonds. The van der Waals surface area contributed by atoms with Crippen LogP contribution < -0.4 is 0 Å². The molecule has 1 aromatic rings. The fourth-order valence-electron chi connectivity index (χ4n) is 1.20. The normalized spacial score (nSPS) is 12.0. The van der Waals surface area contributed by atoms with Crippen LogP contribution in [0.4, 0.5) is 0 Å². The Balaban J connectivity index is 3.22. The molecular weight excluding hydrogens is 186 g/mol. The molecule has 2 N–H and O–H groups in total.